The van der Waals surface area contributed by atoms with E-state index < -0.39 is 5.41 Å². The van der Waals surface area contributed by atoms with Gasteiger partial charge in [-0.1, -0.05) is 60.7 Å². The van der Waals surface area contributed by atoms with Crippen molar-refractivity contribution < 1.29 is 9.59 Å². The fourth-order valence-electron chi connectivity index (χ4n) is 3.93. The first-order valence-corrected chi connectivity index (χ1v) is 11.9. The molecule has 1 saturated heterocycles. The second-order valence-corrected chi connectivity index (χ2v) is 9.39. The molecule has 0 saturated carbocycles. The van der Waals surface area contributed by atoms with Crippen LogP contribution >= 0.6 is 11.6 Å². The molecule has 1 aliphatic heterocycles. The highest BCUT2D eigenvalue weighted by atomic mass is 35.5. The van der Waals surface area contributed by atoms with E-state index in [1.807, 2.05) is 55.1 Å². The van der Waals surface area contributed by atoms with Gasteiger partial charge in [0.25, 0.3) is 0 Å². The predicted octanol–water partition coefficient (Wildman–Crippen LogP) is 4.01. The van der Waals surface area contributed by atoms with E-state index in [0.29, 0.717) is 19.5 Å². The smallest absolute Gasteiger partial charge is 0.229 e. The van der Waals surface area contributed by atoms with Crippen LogP contribution < -0.4 is 0 Å². The van der Waals surface area contributed by atoms with E-state index in [1.54, 1.807) is 4.90 Å². The largest absolute Gasteiger partial charge is 0.340 e. The van der Waals surface area contributed by atoms with Crippen molar-refractivity contribution in [3.8, 4) is 0 Å². The normalized spacial score (nSPS) is 14.9. The summed E-state index contributed by atoms with van der Waals surface area (Å²) < 4.78 is 0. The number of halogens is 1. The molecule has 0 N–H and O–H groups in total. The van der Waals surface area contributed by atoms with Gasteiger partial charge in [0, 0.05) is 58.1 Å². The summed E-state index contributed by atoms with van der Waals surface area (Å²) in [6.07, 6.45) is 0.329. The minimum Gasteiger partial charge on any atom is -0.340 e. The van der Waals surface area contributed by atoms with E-state index in [-0.39, 0.29) is 17.7 Å². The Labute approximate surface area is 196 Å². The Morgan fingerprint density at radius 2 is 1.47 bits per heavy atom. The summed E-state index contributed by atoms with van der Waals surface area (Å²) >= 11 is 6.06. The second kappa shape index (κ2) is 11.5. The van der Waals surface area contributed by atoms with E-state index in [9.17, 15) is 9.59 Å². The summed E-state index contributed by atoms with van der Waals surface area (Å²) in [7, 11) is 0. The highest BCUT2D eigenvalue weighted by molar-refractivity contribution is 6.19. The monoisotopic (exact) mass is 455 g/mol. The van der Waals surface area contributed by atoms with Crippen molar-refractivity contribution >= 4 is 23.4 Å². The lowest BCUT2D eigenvalue weighted by molar-refractivity contribution is -0.141. The van der Waals surface area contributed by atoms with Crippen LogP contribution in [0.15, 0.2) is 60.7 Å². The van der Waals surface area contributed by atoms with Crippen LogP contribution in [0.3, 0.4) is 0 Å². The summed E-state index contributed by atoms with van der Waals surface area (Å²) in [5.74, 6) is 0.338. The minimum atomic E-state index is -0.664. The fraction of sp³-hybridized carbons (Fsp3) is 0.462. The van der Waals surface area contributed by atoms with Crippen LogP contribution in [0.2, 0.25) is 0 Å². The Kier molecular flexibility index (Phi) is 8.71. The molecule has 1 fully saturated rings. The Morgan fingerprint density at radius 1 is 0.906 bits per heavy atom. The van der Waals surface area contributed by atoms with Gasteiger partial charge in [0.15, 0.2) is 0 Å². The zero-order chi connectivity index (χ0) is 23.0. The van der Waals surface area contributed by atoms with E-state index >= 15 is 0 Å². The highest BCUT2D eigenvalue weighted by Crippen LogP contribution is 2.22. The molecule has 172 valence electrons. The maximum atomic E-state index is 13.1. The SMILES string of the molecule is CC(C)(CCl)C(=O)N(CCC(=O)N1CCN(Cc2ccccc2)CC1)Cc1ccccc1. The van der Waals surface area contributed by atoms with Gasteiger partial charge in [-0.3, -0.25) is 14.5 Å². The number of piperazine rings is 1. The van der Waals surface area contributed by atoms with Gasteiger partial charge >= 0.3 is 0 Å². The number of nitrogens with zero attached hydrogens (tertiary/aromatic N) is 3. The highest BCUT2D eigenvalue weighted by Gasteiger charge is 2.32. The van der Waals surface area contributed by atoms with Crippen molar-refractivity contribution in [3.05, 3.63) is 71.8 Å². The van der Waals surface area contributed by atoms with Gasteiger partial charge in [-0.2, -0.15) is 0 Å². The predicted molar refractivity (Wildman–Crippen MR) is 129 cm³/mol. The molecule has 6 heteroatoms. The minimum absolute atomic E-state index is 0.0168. The Morgan fingerprint density at radius 3 is 2.03 bits per heavy atom. The van der Waals surface area contributed by atoms with Gasteiger partial charge in [-0.05, 0) is 25.0 Å². The van der Waals surface area contributed by atoms with Crippen LogP contribution in [-0.4, -0.2) is 65.1 Å². The number of alkyl halides is 1. The quantitative estimate of drug-likeness (QED) is 0.536. The van der Waals surface area contributed by atoms with E-state index in [2.05, 4.69) is 29.2 Å². The lowest BCUT2D eigenvalue weighted by atomic mass is 9.94. The number of rotatable bonds is 9. The number of hydrogen-bond donors (Lipinski definition) is 0. The standard InChI is InChI=1S/C26H34ClN3O2/c1-26(2,21-27)25(32)30(20-23-11-7-4-8-12-23)14-13-24(31)29-17-15-28(16-18-29)19-22-9-5-3-6-10-22/h3-12H,13-21H2,1-2H3. The summed E-state index contributed by atoms with van der Waals surface area (Å²) in [5.41, 5.74) is 1.68. The molecule has 0 unspecified atom stereocenters. The third-order valence-corrected chi connectivity index (χ3v) is 6.65. The molecule has 2 aromatic rings. The number of carbonyl (C=O) groups is 2. The maximum absolute atomic E-state index is 13.1. The molecule has 1 aliphatic rings. The van der Waals surface area contributed by atoms with Crippen molar-refractivity contribution in [1.29, 1.82) is 0 Å². The number of benzene rings is 2. The third kappa shape index (κ3) is 6.81. The van der Waals surface area contributed by atoms with Gasteiger partial charge < -0.3 is 9.80 Å². The molecular weight excluding hydrogens is 422 g/mol. The molecule has 2 amide bonds. The van der Waals surface area contributed by atoms with Crippen LogP contribution in [0, 0.1) is 5.41 Å². The summed E-state index contributed by atoms with van der Waals surface area (Å²) in [4.78, 5) is 32.1. The Balaban J connectivity index is 1.53. The van der Waals surface area contributed by atoms with E-state index in [1.165, 1.54) is 5.56 Å². The van der Waals surface area contributed by atoms with Crippen LogP contribution in [0.1, 0.15) is 31.4 Å². The average molecular weight is 456 g/mol. The van der Waals surface area contributed by atoms with Crippen molar-refractivity contribution in [2.24, 2.45) is 5.41 Å². The Bertz CT molecular complexity index is 865. The van der Waals surface area contributed by atoms with Crippen LogP contribution in [0.25, 0.3) is 0 Å². The van der Waals surface area contributed by atoms with Crippen molar-refractivity contribution in [2.45, 2.75) is 33.4 Å². The number of carbonyl (C=O) groups excluding carboxylic acids is 2. The Hall–Kier alpha value is -2.37. The fourth-order valence-corrected chi connectivity index (χ4v) is 4.04. The van der Waals surface area contributed by atoms with Crippen LogP contribution in [0.4, 0.5) is 0 Å². The van der Waals surface area contributed by atoms with E-state index in [0.717, 1.165) is 38.3 Å². The summed E-state index contributed by atoms with van der Waals surface area (Å²) in [6, 6.07) is 20.3. The summed E-state index contributed by atoms with van der Waals surface area (Å²) in [6.45, 7) is 8.70. The second-order valence-electron chi connectivity index (χ2n) is 9.12. The van der Waals surface area contributed by atoms with Gasteiger partial charge in [0.1, 0.15) is 0 Å². The van der Waals surface area contributed by atoms with Gasteiger partial charge in [-0.15, -0.1) is 11.6 Å². The number of hydrogen-bond acceptors (Lipinski definition) is 3. The lowest BCUT2D eigenvalue weighted by Gasteiger charge is -2.36. The van der Waals surface area contributed by atoms with Gasteiger partial charge in [0.2, 0.25) is 11.8 Å². The first-order chi connectivity index (χ1) is 15.4. The van der Waals surface area contributed by atoms with E-state index in [4.69, 9.17) is 11.6 Å². The maximum Gasteiger partial charge on any atom is 0.229 e. The van der Waals surface area contributed by atoms with Crippen LogP contribution in [0.5, 0.6) is 0 Å². The lowest BCUT2D eigenvalue weighted by Crippen LogP contribution is -2.49. The third-order valence-electron chi connectivity index (χ3n) is 5.99. The first-order valence-electron chi connectivity index (χ1n) is 11.3. The molecule has 0 radical (unpaired) electrons. The average Bonchev–Trinajstić information content (AvgIpc) is 2.83. The first kappa shape index (κ1) is 24.3. The molecule has 32 heavy (non-hydrogen) atoms. The molecule has 5 nitrogen and oxygen atoms in total. The van der Waals surface area contributed by atoms with Gasteiger partial charge in [0.05, 0.1) is 5.41 Å². The molecule has 0 atom stereocenters. The molecule has 0 spiro atoms. The molecule has 1 heterocycles. The molecule has 0 aliphatic carbocycles. The molecule has 3 rings (SSSR count). The molecule has 2 aromatic carbocycles. The molecule has 0 aromatic heterocycles. The zero-order valence-electron chi connectivity index (χ0n) is 19.2. The van der Waals surface area contributed by atoms with Gasteiger partial charge in [-0.25, -0.2) is 0 Å². The van der Waals surface area contributed by atoms with Crippen LogP contribution in [-0.2, 0) is 22.7 Å². The van der Waals surface area contributed by atoms with Crippen molar-refractivity contribution in [1.82, 2.24) is 14.7 Å². The number of amides is 2. The molecular formula is C26H34ClN3O2. The van der Waals surface area contributed by atoms with Crippen molar-refractivity contribution in [2.75, 3.05) is 38.6 Å². The topological polar surface area (TPSA) is 43.9 Å². The zero-order valence-corrected chi connectivity index (χ0v) is 19.9. The summed E-state index contributed by atoms with van der Waals surface area (Å²) in [5, 5.41) is 0. The molecule has 0 bridgehead atoms. The van der Waals surface area contributed by atoms with Crippen molar-refractivity contribution in [3.63, 3.8) is 0 Å².